The van der Waals surface area contributed by atoms with Gasteiger partial charge < -0.3 is 4.90 Å². The third kappa shape index (κ3) is 3.21. The third-order valence-electron chi connectivity index (χ3n) is 4.80. The van der Waals surface area contributed by atoms with Crippen LogP contribution in [0.4, 0.5) is 5.82 Å². The molecule has 0 spiro atoms. The molecule has 25 heavy (non-hydrogen) atoms. The molecule has 1 aromatic carbocycles. The SMILES string of the molecule is Cc1nc(N2C[C@H](C)C[C@H](C)C2)c2nnn(Cc3ccccc3)c2n1. The standard InChI is InChI=1S/C19H24N6/c1-13-9-14(2)11-24(10-13)18-17-19(21-15(3)20-18)25(23-22-17)12-16-7-5-4-6-8-16/h4-8,13-14H,9-12H2,1-3H3/t13-,14+. The van der Waals surface area contributed by atoms with E-state index >= 15 is 0 Å². The van der Waals surface area contributed by atoms with Gasteiger partial charge in [0, 0.05) is 13.1 Å². The molecule has 0 unspecified atom stereocenters. The average Bonchev–Trinajstić information content (AvgIpc) is 2.97. The van der Waals surface area contributed by atoms with Crippen LogP contribution < -0.4 is 4.90 Å². The largest absolute Gasteiger partial charge is 0.354 e. The minimum Gasteiger partial charge on any atom is -0.354 e. The van der Waals surface area contributed by atoms with Gasteiger partial charge in [0.15, 0.2) is 17.0 Å². The van der Waals surface area contributed by atoms with Gasteiger partial charge in [-0.05, 0) is 30.7 Å². The van der Waals surface area contributed by atoms with Crippen LogP contribution in [0, 0.1) is 18.8 Å². The lowest BCUT2D eigenvalue weighted by molar-refractivity contribution is 0.355. The Balaban J connectivity index is 1.74. The maximum atomic E-state index is 4.71. The second-order valence-electron chi connectivity index (χ2n) is 7.35. The number of aromatic nitrogens is 5. The number of hydrogen-bond acceptors (Lipinski definition) is 5. The highest BCUT2D eigenvalue weighted by Crippen LogP contribution is 2.29. The molecule has 1 aliphatic rings. The van der Waals surface area contributed by atoms with Gasteiger partial charge in [-0.15, -0.1) is 5.10 Å². The second kappa shape index (κ2) is 6.43. The fourth-order valence-corrected chi connectivity index (χ4v) is 3.87. The molecule has 0 radical (unpaired) electrons. The van der Waals surface area contributed by atoms with Gasteiger partial charge in [-0.25, -0.2) is 14.6 Å². The summed E-state index contributed by atoms with van der Waals surface area (Å²) in [5.74, 6) is 3.02. The van der Waals surface area contributed by atoms with Gasteiger partial charge in [0.05, 0.1) is 6.54 Å². The Kier molecular flexibility index (Phi) is 4.11. The molecule has 0 saturated carbocycles. The fourth-order valence-electron chi connectivity index (χ4n) is 3.87. The molecule has 1 saturated heterocycles. The molecule has 1 aliphatic heterocycles. The summed E-state index contributed by atoms with van der Waals surface area (Å²) in [6.45, 7) is 9.25. The van der Waals surface area contributed by atoms with Crippen molar-refractivity contribution in [3.63, 3.8) is 0 Å². The van der Waals surface area contributed by atoms with Crippen molar-refractivity contribution in [1.29, 1.82) is 0 Å². The molecular formula is C19H24N6. The van der Waals surface area contributed by atoms with Crippen LogP contribution in [0.25, 0.3) is 11.2 Å². The van der Waals surface area contributed by atoms with E-state index in [9.17, 15) is 0 Å². The first-order valence-corrected chi connectivity index (χ1v) is 8.97. The van der Waals surface area contributed by atoms with Crippen LogP contribution in [0.3, 0.4) is 0 Å². The zero-order valence-corrected chi connectivity index (χ0v) is 15.1. The van der Waals surface area contributed by atoms with E-state index in [1.807, 2.05) is 29.8 Å². The zero-order valence-electron chi connectivity index (χ0n) is 15.1. The predicted octanol–water partition coefficient (Wildman–Crippen LogP) is 3.06. The second-order valence-corrected chi connectivity index (χ2v) is 7.35. The maximum absolute atomic E-state index is 4.71. The van der Waals surface area contributed by atoms with Crippen LogP contribution in [0.5, 0.6) is 0 Å². The fraction of sp³-hybridized carbons (Fsp3) is 0.474. The van der Waals surface area contributed by atoms with Gasteiger partial charge >= 0.3 is 0 Å². The van der Waals surface area contributed by atoms with Gasteiger partial charge in [-0.3, -0.25) is 0 Å². The van der Waals surface area contributed by atoms with E-state index in [1.54, 1.807) is 0 Å². The summed E-state index contributed by atoms with van der Waals surface area (Å²) < 4.78 is 1.87. The summed E-state index contributed by atoms with van der Waals surface area (Å²) in [6, 6.07) is 10.3. The molecule has 3 aromatic rings. The monoisotopic (exact) mass is 336 g/mol. The van der Waals surface area contributed by atoms with Crippen LogP contribution >= 0.6 is 0 Å². The molecule has 2 atom stereocenters. The van der Waals surface area contributed by atoms with E-state index in [0.29, 0.717) is 18.4 Å². The van der Waals surface area contributed by atoms with Gasteiger partial charge in [-0.2, -0.15) is 0 Å². The van der Waals surface area contributed by atoms with Crippen molar-refractivity contribution >= 4 is 17.0 Å². The van der Waals surface area contributed by atoms with E-state index in [-0.39, 0.29) is 0 Å². The van der Waals surface area contributed by atoms with E-state index in [4.69, 9.17) is 4.98 Å². The molecular weight excluding hydrogens is 312 g/mol. The zero-order chi connectivity index (χ0) is 17.4. The average molecular weight is 336 g/mol. The Hall–Kier alpha value is -2.50. The molecule has 4 rings (SSSR count). The van der Waals surface area contributed by atoms with Crippen LogP contribution in [-0.2, 0) is 6.54 Å². The Morgan fingerprint density at radius 3 is 2.48 bits per heavy atom. The molecule has 1 fully saturated rings. The van der Waals surface area contributed by atoms with Crippen LogP contribution in [0.2, 0.25) is 0 Å². The first-order valence-electron chi connectivity index (χ1n) is 8.97. The summed E-state index contributed by atoms with van der Waals surface area (Å²) in [6.07, 6.45) is 1.27. The third-order valence-corrected chi connectivity index (χ3v) is 4.80. The Labute approximate surface area is 147 Å². The number of nitrogens with zero attached hydrogens (tertiary/aromatic N) is 6. The lowest BCUT2D eigenvalue weighted by Crippen LogP contribution is -2.39. The number of fused-ring (bicyclic) bond motifs is 1. The molecule has 0 bridgehead atoms. The Morgan fingerprint density at radius 1 is 1.04 bits per heavy atom. The quantitative estimate of drug-likeness (QED) is 0.736. The molecule has 130 valence electrons. The number of piperidine rings is 1. The number of benzene rings is 1. The van der Waals surface area contributed by atoms with E-state index < -0.39 is 0 Å². The van der Waals surface area contributed by atoms with E-state index in [2.05, 4.69) is 46.2 Å². The topological polar surface area (TPSA) is 59.7 Å². The number of rotatable bonds is 3. The molecule has 2 aromatic heterocycles. The van der Waals surface area contributed by atoms with Crippen molar-refractivity contribution in [2.24, 2.45) is 11.8 Å². The van der Waals surface area contributed by atoms with Crippen LogP contribution in [0.1, 0.15) is 31.7 Å². The van der Waals surface area contributed by atoms with Crippen molar-refractivity contribution in [2.75, 3.05) is 18.0 Å². The van der Waals surface area contributed by atoms with Crippen molar-refractivity contribution in [1.82, 2.24) is 25.0 Å². The summed E-state index contributed by atoms with van der Waals surface area (Å²) in [5, 5.41) is 8.79. The smallest absolute Gasteiger partial charge is 0.184 e. The molecule has 0 aliphatic carbocycles. The number of hydrogen-bond donors (Lipinski definition) is 0. The minimum atomic E-state index is 0.661. The van der Waals surface area contributed by atoms with Crippen molar-refractivity contribution in [3.05, 3.63) is 41.7 Å². The normalized spacial score (nSPS) is 21.0. The van der Waals surface area contributed by atoms with Gasteiger partial charge in [0.2, 0.25) is 0 Å². The maximum Gasteiger partial charge on any atom is 0.184 e. The van der Waals surface area contributed by atoms with Gasteiger partial charge in [-0.1, -0.05) is 49.4 Å². The summed E-state index contributed by atoms with van der Waals surface area (Å²) in [4.78, 5) is 11.7. The highest BCUT2D eigenvalue weighted by molar-refractivity contribution is 5.83. The van der Waals surface area contributed by atoms with Crippen molar-refractivity contribution in [2.45, 2.75) is 33.7 Å². The predicted molar refractivity (Wildman–Crippen MR) is 98.6 cm³/mol. The Bertz CT molecular complexity index is 862. The summed E-state index contributed by atoms with van der Waals surface area (Å²) >= 11 is 0. The molecule has 0 N–H and O–H groups in total. The number of anilines is 1. The first kappa shape index (κ1) is 16.0. The molecule has 0 amide bonds. The summed E-state index contributed by atoms with van der Waals surface area (Å²) in [7, 11) is 0. The Morgan fingerprint density at radius 2 is 1.76 bits per heavy atom. The van der Waals surface area contributed by atoms with Crippen molar-refractivity contribution in [3.8, 4) is 0 Å². The highest BCUT2D eigenvalue weighted by atomic mass is 15.4. The lowest BCUT2D eigenvalue weighted by atomic mass is 9.92. The van der Waals surface area contributed by atoms with Gasteiger partial charge in [0.1, 0.15) is 5.82 Å². The highest BCUT2D eigenvalue weighted by Gasteiger charge is 2.26. The van der Waals surface area contributed by atoms with Crippen LogP contribution in [-0.4, -0.2) is 38.1 Å². The van der Waals surface area contributed by atoms with Gasteiger partial charge in [0.25, 0.3) is 0 Å². The van der Waals surface area contributed by atoms with Crippen molar-refractivity contribution < 1.29 is 0 Å². The molecule has 3 heterocycles. The minimum absolute atomic E-state index is 0.661. The van der Waals surface area contributed by atoms with E-state index in [1.165, 1.54) is 12.0 Å². The molecule has 6 nitrogen and oxygen atoms in total. The lowest BCUT2D eigenvalue weighted by Gasteiger charge is -2.35. The summed E-state index contributed by atoms with van der Waals surface area (Å²) in [5.41, 5.74) is 2.81. The van der Waals surface area contributed by atoms with Crippen LogP contribution in [0.15, 0.2) is 30.3 Å². The van der Waals surface area contributed by atoms with E-state index in [0.717, 1.165) is 35.9 Å². The molecule has 6 heteroatoms. The number of aryl methyl sites for hydroxylation is 1. The first-order chi connectivity index (χ1) is 12.1.